The quantitative estimate of drug-likeness (QED) is 0.675. The number of aliphatic carboxylic acids is 1. The second-order valence-electron chi connectivity index (χ2n) is 5.03. The first kappa shape index (κ1) is 15.3. The molecule has 0 radical (unpaired) electrons. The molecule has 0 saturated carbocycles. The molecule has 7 nitrogen and oxygen atoms in total. The van der Waals surface area contributed by atoms with Gasteiger partial charge in [0.1, 0.15) is 6.04 Å². The van der Waals surface area contributed by atoms with Crippen LogP contribution in [0.15, 0.2) is 0 Å². The fraction of sp³-hybridized carbons (Fsp3) is 0.750. The third-order valence-electron chi connectivity index (χ3n) is 3.31. The van der Waals surface area contributed by atoms with Gasteiger partial charge in [-0.05, 0) is 25.2 Å². The van der Waals surface area contributed by atoms with Gasteiger partial charge in [-0.3, -0.25) is 4.79 Å². The summed E-state index contributed by atoms with van der Waals surface area (Å²) in [7, 11) is 0. The Kier molecular flexibility index (Phi) is 5.59. The minimum absolute atomic E-state index is 0.398. The molecule has 0 aromatic carbocycles. The summed E-state index contributed by atoms with van der Waals surface area (Å²) in [5, 5.41) is 11.3. The lowest BCUT2D eigenvalue weighted by atomic mass is 10.0. The van der Waals surface area contributed by atoms with E-state index in [0.717, 1.165) is 19.3 Å². The van der Waals surface area contributed by atoms with E-state index in [2.05, 4.69) is 12.2 Å². The summed E-state index contributed by atoms with van der Waals surface area (Å²) < 4.78 is 0. The molecule has 108 valence electrons. The summed E-state index contributed by atoms with van der Waals surface area (Å²) in [6, 6.07) is -1.70. The molecule has 19 heavy (non-hydrogen) atoms. The normalized spacial score (nSPS) is 21.3. The highest BCUT2D eigenvalue weighted by Gasteiger charge is 2.25. The van der Waals surface area contributed by atoms with E-state index in [4.69, 9.17) is 10.8 Å². The maximum absolute atomic E-state index is 12.0. The monoisotopic (exact) mass is 271 g/mol. The molecule has 0 aromatic rings. The smallest absolute Gasteiger partial charge is 0.326 e. The summed E-state index contributed by atoms with van der Waals surface area (Å²) in [5.74, 6) is -1.44. The topological polar surface area (TPSA) is 113 Å². The number of likely N-dealkylation sites (tertiary alicyclic amines) is 1. The number of nitrogens with one attached hydrogen (secondary N) is 1. The Morgan fingerprint density at radius 2 is 2.05 bits per heavy atom. The van der Waals surface area contributed by atoms with Crippen LogP contribution in [0.4, 0.5) is 4.79 Å². The largest absolute Gasteiger partial charge is 0.480 e. The highest BCUT2D eigenvalue weighted by Crippen LogP contribution is 2.16. The van der Waals surface area contributed by atoms with Gasteiger partial charge in [0.15, 0.2) is 0 Å². The van der Waals surface area contributed by atoms with Crippen molar-refractivity contribution < 1.29 is 19.5 Å². The van der Waals surface area contributed by atoms with Crippen LogP contribution in [0.3, 0.4) is 0 Å². The molecule has 2 atom stereocenters. The molecule has 1 fully saturated rings. The Hall–Kier alpha value is -1.79. The van der Waals surface area contributed by atoms with E-state index in [1.165, 1.54) is 0 Å². The average Bonchev–Trinajstić information content (AvgIpc) is 2.52. The van der Waals surface area contributed by atoms with Crippen LogP contribution in [0.1, 0.15) is 32.6 Å². The van der Waals surface area contributed by atoms with Crippen molar-refractivity contribution in [2.24, 2.45) is 11.7 Å². The maximum atomic E-state index is 12.0. The van der Waals surface area contributed by atoms with E-state index >= 15 is 0 Å². The summed E-state index contributed by atoms with van der Waals surface area (Å²) >= 11 is 0. The molecule has 0 bridgehead atoms. The van der Waals surface area contributed by atoms with Crippen molar-refractivity contribution >= 4 is 17.9 Å². The van der Waals surface area contributed by atoms with Crippen LogP contribution in [0.25, 0.3) is 0 Å². The van der Waals surface area contributed by atoms with Gasteiger partial charge in [-0.2, -0.15) is 0 Å². The Morgan fingerprint density at radius 3 is 2.63 bits per heavy atom. The number of carbonyl (C=O) groups is 3. The van der Waals surface area contributed by atoms with Gasteiger partial charge < -0.3 is 21.1 Å². The SMILES string of the molecule is CC1CCCN(C(=O)NC(CC(N)=O)C(=O)O)CC1. The second-order valence-corrected chi connectivity index (χ2v) is 5.03. The number of hydrogen-bond donors (Lipinski definition) is 3. The predicted molar refractivity (Wildman–Crippen MR) is 68.4 cm³/mol. The summed E-state index contributed by atoms with van der Waals surface area (Å²) in [5.41, 5.74) is 4.96. The molecule has 1 saturated heterocycles. The van der Waals surface area contributed by atoms with Crippen molar-refractivity contribution in [3.05, 3.63) is 0 Å². The molecule has 1 aliphatic heterocycles. The molecule has 4 N–H and O–H groups in total. The highest BCUT2D eigenvalue weighted by atomic mass is 16.4. The van der Waals surface area contributed by atoms with Crippen LogP contribution in [0, 0.1) is 5.92 Å². The molecule has 0 aliphatic carbocycles. The molecule has 0 aromatic heterocycles. The van der Waals surface area contributed by atoms with Crippen molar-refractivity contribution in [1.82, 2.24) is 10.2 Å². The Bertz CT molecular complexity index is 359. The Balaban J connectivity index is 2.55. The maximum Gasteiger partial charge on any atom is 0.326 e. The van der Waals surface area contributed by atoms with Crippen LogP contribution in [0.2, 0.25) is 0 Å². The zero-order valence-electron chi connectivity index (χ0n) is 11.1. The first-order chi connectivity index (χ1) is 8.90. The third-order valence-corrected chi connectivity index (χ3v) is 3.31. The molecule has 1 heterocycles. The average molecular weight is 271 g/mol. The zero-order valence-corrected chi connectivity index (χ0v) is 11.1. The number of urea groups is 1. The number of nitrogens with two attached hydrogens (primary N) is 1. The van der Waals surface area contributed by atoms with Crippen molar-refractivity contribution in [3.63, 3.8) is 0 Å². The number of nitrogens with zero attached hydrogens (tertiary/aromatic N) is 1. The Morgan fingerprint density at radius 1 is 1.37 bits per heavy atom. The molecular weight excluding hydrogens is 250 g/mol. The van der Waals surface area contributed by atoms with Gasteiger partial charge in [0.05, 0.1) is 6.42 Å². The predicted octanol–water partition coefficient (Wildman–Crippen LogP) is 0.147. The standard InChI is InChI=1S/C12H21N3O4/c1-8-3-2-5-15(6-4-8)12(19)14-9(11(17)18)7-10(13)16/h8-9H,2-7H2,1H3,(H2,13,16)(H,14,19)(H,17,18). The van der Waals surface area contributed by atoms with Crippen molar-refractivity contribution in [1.29, 1.82) is 0 Å². The highest BCUT2D eigenvalue weighted by molar-refractivity contribution is 5.87. The van der Waals surface area contributed by atoms with Crippen LogP contribution in [-0.4, -0.2) is 47.0 Å². The van der Waals surface area contributed by atoms with Crippen LogP contribution >= 0.6 is 0 Å². The lowest BCUT2D eigenvalue weighted by Crippen LogP contribution is -2.49. The molecule has 3 amide bonds. The number of primary amides is 1. The molecule has 1 aliphatic rings. The van der Waals surface area contributed by atoms with Gasteiger partial charge in [0, 0.05) is 13.1 Å². The van der Waals surface area contributed by atoms with Gasteiger partial charge in [-0.1, -0.05) is 6.92 Å². The van der Waals surface area contributed by atoms with Gasteiger partial charge >= 0.3 is 12.0 Å². The Labute approximate surface area is 112 Å². The minimum Gasteiger partial charge on any atom is -0.480 e. The number of amides is 3. The molecule has 1 rings (SSSR count). The lowest BCUT2D eigenvalue weighted by molar-refractivity contribution is -0.140. The number of hydrogen-bond acceptors (Lipinski definition) is 3. The van der Waals surface area contributed by atoms with Crippen molar-refractivity contribution in [3.8, 4) is 0 Å². The van der Waals surface area contributed by atoms with Crippen LogP contribution in [0.5, 0.6) is 0 Å². The number of rotatable bonds is 4. The molecule has 7 heteroatoms. The molecular formula is C12H21N3O4. The second kappa shape index (κ2) is 6.96. The van der Waals surface area contributed by atoms with Crippen molar-refractivity contribution in [2.75, 3.05) is 13.1 Å². The number of carbonyl (C=O) groups excluding carboxylic acids is 2. The van der Waals surface area contributed by atoms with Crippen LogP contribution < -0.4 is 11.1 Å². The summed E-state index contributed by atoms with van der Waals surface area (Å²) in [6.45, 7) is 3.35. The van der Waals surface area contributed by atoms with E-state index in [1.807, 2.05) is 0 Å². The third kappa shape index (κ3) is 5.15. The van der Waals surface area contributed by atoms with E-state index in [-0.39, 0.29) is 0 Å². The van der Waals surface area contributed by atoms with E-state index in [9.17, 15) is 14.4 Å². The van der Waals surface area contributed by atoms with Crippen LogP contribution in [-0.2, 0) is 9.59 Å². The zero-order chi connectivity index (χ0) is 14.4. The van der Waals surface area contributed by atoms with Gasteiger partial charge in [0.25, 0.3) is 0 Å². The summed E-state index contributed by atoms with van der Waals surface area (Å²) in [4.78, 5) is 35.2. The van der Waals surface area contributed by atoms with Crippen molar-refractivity contribution in [2.45, 2.75) is 38.6 Å². The lowest BCUT2D eigenvalue weighted by Gasteiger charge is -2.23. The van der Waals surface area contributed by atoms with E-state index in [1.54, 1.807) is 4.90 Å². The molecule has 2 unspecified atom stereocenters. The fourth-order valence-corrected chi connectivity index (χ4v) is 2.11. The minimum atomic E-state index is -1.26. The first-order valence-electron chi connectivity index (χ1n) is 6.46. The molecule has 0 spiro atoms. The van der Waals surface area contributed by atoms with Gasteiger partial charge in [-0.15, -0.1) is 0 Å². The van der Waals surface area contributed by atoms with Gasteiger partial charge in [-0.25, -0.2) is 9.59 Å². The first-order valence-corrected chi connectivity index (χ1v) is 6.46. The van der Waals surface area contributed by atoms with E-state index in [0.29, 0.717) is 19.0 Å². The summed E-state index contributed by atoms with van der Waals surface area (Å²) in [6.07, 6.45) is 2.47. The number of carboxylic acid groups (broad SMARTS) is 1. The number of carboxylic acids is 1. The fourth-order valence-electron chi connectivity index (χ4n) is 2.11. The van der Waals surface area contributed by atoms with E-state index < -0.39 is 30.4 Å². The van der Waals surface area contributed by atoms with Gasteiger partial charge in [0.2, 0.25) is 5.91 Å².